The number of fused-ring (bicyclic) bond motifs is 1. The van der Waals surface area contributed by atoms with Crippen LogP contribution in [0.2, 0.25) is 0 Å². The normalized spacial score (nSPS) is 19.6. The molecule has 2 rings (SSSR count). The Bertz CT molecular complexity index is 433. The Kier molecular flexibility index (Phi) is 3.71. The van der Waals surface area contributed by atoms with Gasteiger partial charge in [0.1, 0.15) is 5.75 Å². The second-order valence-corrected chi connectivity index (χ2v) is 4.61. The fourth-order valence-electron chi connectivity index (χ4n) is 2.55. The van der Waals surface area contributed by atoms with Crippen molar-refractivity contribution >= 4 is 0 Å². The third-order valence-electron chi connectivity index (χ3n) is 3.43. The number of aromatic hydroxyl groups is 1. The molecule has 1 aliphatic rings. The summed E-state index contributed by atoms with van der Waals surface area (Å²) in [5.41, 5.74) is 2.29. The fourth-order valence-corrected chi connectivity index (χ4v) is 2.55. The first kappa shape index (κ1) is 12.0. The van der Waals surface area contributed by atoms with Gasteiger partial charge in [-0.1, -0.05) is 31.4 Å². The summed E-state index contributed by atoms with van der Waals surface area (Å²) in [5, 5.41) is 13.3. The van der Waals surface area contributed by atoms with Crippen molar-refractivity contribution in [2.24, 2.45) is 0 Å². The molecule has 0 saturated carbocycles. The van der Waals surface area contributed by atoms with E-state index >= 15 is 0 Å². The van der Waals surface area contributed by atoms with E-state index < -0.39 is 0 Å². The molecule has 0 heterocycles. The first-order valence-corrected chi connectivity index (χ1v) is 6.29. The molecule has 90 valence electrons. The first-order valence-electron chi connectivity index (χ1n) is 6.29. The van der Waals surface area contributed by atoms with Gasteiger partial charge in [-0.3, -0.25) is 5.32 Å². The monoisotopic (exact) mass is 229 g/mol. The minimum atomic E-state index is 0.137. The summed E-state index contributed by atoms with van der Waals surface area (Å²) in [6.45, 7) is 2.14. The van der Waals surface area contributed by atoms with E-state index in [1.165, 1.54) is 5.56 Å². The lowest BCUT2D eigenvalue weighted by Crippen LogP contribution is -2.30. The predicted octanol–water partition coefficient (Wildman–Crippen LogP) is 2.77. The topological polar surface area (TPSA) is 32.3 Å². The van der Waals surface area contributed by atoms with Gasteiger partial charge >= 0.3 is 0 Å². The number of hydrogen-bond acceptors (Lipinski definition) is 2. The minimum Gasteiger partial charge on any atom is -0.508 e. The average molecular weight is 229 g/mol. The molecule has 2 nitrogen and oxygen atoms in total. The Morgan fingerprint density at radius 2 is 2.41 bits per heavy atom. The largest absolute Gasteiger partial charge is 0.508 e. The molecule has 0 saturated heterocycles. The van der Waals surface area contributed by atoms with Gasteiger partial charge in [-0.05, 0) is 36.5 Å². The molecule has 0 bridgehead atoms. The zero-order valence-corrected chi connectivity index (χ0v) is 10.2. The van der Waals surface area contributed by atoms with Crippen molar-refractivity contribution in [3.8, 4) is 18.1 Å². The molecule has 17 heavy (non-hydrogen) atoms. The molecular formula is C15H19NO. The highest BCUT2D eigenvalue weighted by Crippen LogP contribution is 2.36. The lowest BCUT2D eigenvalue weighted by Gasteiger charge is -2.19. The SMILES string of the molecule is C#CC(CCC)NC1CCc2c(O)cccc21. The van der Waals surface area contributed by atoms with Crippen LogP contribution >= 0.6 is 0 Å². The number of benzene rings is 1. The zero-order chi connectivity index (χ0) is 12.3. The van der Waals surface area contributed by atoms with Crippen LogP contribution in [0.3, 0.4) is 0 Å². The van der Waals surface area contributed by atoms with Gasteiger partial charge in [-0.25, -0.2) is 0 Å². The molecule has 0 aliphatic heterocycles. The van der Waals surface area contributed by atoms with Crippen LogP contribution in [0, 0.1) is 12.3 Å². The van der Waals surface area contributed by atoms with Crippen molar-refractivity contribution in [2.45, 2.75) is 44.7 Å². The van der Waals surface area contributed by atoms with Crippen LogP contribution in [-0.2, 0) is 6.42 Å². The number of nitrogens with one attached hydrogen (secondary N) is 1. The molecular weight excluding hydrogens is 210 g/mol. The summed E-state index contributed by atoms with van der Waals surface area (Å²) in [6.07, 6.45) is 9.57. The Morgan fingerprint density at radius 3 is 3.12 bits per heavy atom. The second-order valence-electron chi connectivity index (χ2n) is 4.61. The molecule has 0 aromatic heterocycles. The summed E-state index contributed by atoms with van der Waals surface area (Å²) in [5.74, 6) is 3.22. The third kappa shape index (κ3) is 2.45. The Morgan fingerprint density at radius 1 is 1.59 bits per heavy atom. The molecule has 2 N–H and O–H groups in total. The van der Waals surface area contributed by atoms with Crippen LogP contribution in [0.4, 0.5) is 0 Å². The number of terminal acetylenes is 1. The summed E-state index contributed by atoms with van der Waals surface area (Å²) in [7, 11) is 0. The van der Waals surface area contributed by atoms with Gasteiger partial charge in [0.25, 0.3) is 0 Å². The maximum absolute atomic E-state index is 9.78. The number of phenolic OH excluding ortho intramolecular Hbond substituents is 1. The van der Waals surface area contributed by atoms with E-state index in [-0.39, 0.29) is 6.04 Å². The van der Waals surface area contributed by atoms with Crippen molar-refractivity contribution < 1.29 is 5.11 Å². The van der Waals surface area contributed by atoms with Gasteiger partial charge in [0.15, 0.2) is 0 Å². The molecule has 0 spiro atoms. The third-order valence-corrected chi connectivity index (χ3v) is 3.43. The highest BCUT2D eigenvalue weighted by molar-refractivity contribution is 5.44. The Balaban J connectivity index is 2.12. The lowest BCUT2D eigenvalue weighted by atomic mass is 10.1. The fraction of sp³-hybridized carbons (Fsp3) is 0.467. The maximum Gasteiger partial charge on any atom is 0.119 e. The summed E-state index contributed by atoms with van der Waals surface area (Å²) in [6, 6.07) is 6.17. The molecule has 0 amide bonds. The van der Waals surface area contributed by atoms with Gasteiger partial charge in [-0.15, -0.1) is 6.42 Å². The zero-order valence-electron chi connectivity index (χ0n) is 10.2. The summed E-state index contributed by atoms with van der Waals surface area (Å²) >= 11 is 0. The van der Waals surface area contributed by atoms with Crippen molar-refractivity contribution in [1.29, 1.82) is 0 Å². The van der Waals surface area contributed by atoms with Crippen LogP contribution in [0.15, 0.2) is 18.2 Å². The van der Waals surface area contributed by atoms with Gasteiger partial charge in [0.2, 0.25) is 0 Å². The van der Waals surface area contributed by atoms with E-state index in [2.05, 4.69) is 24.2 Å². The van der Waals surface area contributed by atoms with Crippen molar-refractivity contribution in [3.05, 3.63) is 29.3 Å². The van der Waals surface area contributed by atoms with Gasteiger partial charge in [-0.2, -0.15) is 0 Å². The number of phenols is 1. The molecule has 2 atom stereocenters. The van der Waals surface area contributed by atoms with Gasteiger partial charge in [0.05, 0.1) is 6.04 Å². The van der Waals surface area contributed by atoms with Crippen molar-refractivity contribution in [3.63, 3.8) is 0 Å². The van der Waals surface area contributed by atoms with Crippen LogP contribution < -0.4 is 5.32 Å². The van der Waals surface area contributed by atoms with E-state index in [1.807, 2.05) is 6.07 Å². The summed E-state index contributed by atoms with van der Waals surface area (Å²) < 4.78 is 0. The highest BCUT2D eigenvalue weighted by atomic mass is 16.3. The Labute approximate surface area is 103 Å². The van der Waals surface area contributed by atoms with Crippen LogP contribution in [0.25, 0.3) is 0 Å². The van der Waals surface area contributed by atoms with Crippen LogP contribution in [0.5, 0.6) is 5.75 Å². The quantitative estimate of drug-likeness (QED) is 0.778. The van der Waals surface area contributed by atoms with E-state index in [0.717, 1.165) is 31.2 Å². The molecule has 1 aliphatic carbocycles. The average Bonchev–Trinajstić information content (AvgIpc) is 2.73. The van der Waals surface area contributed by atoms with Crippen molar-refractivity contribution in [1.82, 2.24) is 5.32 Å². The molecule has 2 unspecified atom stereocenters. The van der Waals surface area contributed by atoms with E-state index in [0.29, 0.717) is 11.8 Å². The van der Waals surface area contributed by atoms with Gasteiger partial charge in [0, 0.05) is 6.04 Å². The Hall–Kier alpha value is -1.46. The molecule has 0 radical (unpaired) electrons. The number of rotatable bonds is 4. The predicted molar refractivity (Wildman–Crippen MR) is 69.8 cm³/mol. The van der Waals surface area contributed by atoms with Crippen LogP contribution in [-0.4, -0.2) is 11.1 Å². The van der Waals surface area contributed by atoms with Gasteiger partial charge < -0.3 is 5.11 Å². The maximum atomic E-state index is 9.78. The standard InChI is InChI=1S/C15H19NO/c1-3-6-11(4-2)16-14-10-9-13-12(14)7-5-8-15(13)17/h2,5,7-8,11,14,16-17H,3,6,9-10H2,1H3. The van der Waals surface area contributed by atoms with Crippen molar-refractivity contribution in [2.75, 3.05) is 0 Å². The number of hydrogen-bond donors (Lipinski definition) is 2. The first-order chi connectivity index (χ1) is 8.26. The lowest BCUT2D eigenvalue weighted by molar-refractivity contribution is 0.468. The van der Waals surface area contributed by atoms with E-state index in [9.17, 15) is 5.11 Å². The summed E-state index contributed by atoms with van der Waals surface area (Å²) in [4.78, 5) is 0. The molecule has 0 fully saturated rings. The van der Waals surface area contributed by atoms with E-state index in [4.69, 9.17) is 6.42 Å². The second kappa shape index (κ2) is 5.25. The minimum absolute atomic E-state index is 0.137. The smallest absolute Gasteiger partial charge is 0.119 e. The van der Waals surface area contributed by atoms with Crippen LogP contribution in [0.1, 0.15) is 43.4 Å². The molecule has 2 heteroatoms. The highest BCUT2D eigenvalue weighted by Gasteiger charge is 2.25. The van der Waals surface area contributed by atoms with E-state index in [1.54, 1.807) is 6.07 Å². The molecule has 1 aromatic carbocycles. The molecule has 1 aromatic rings.